The summed E-state index contributed by atoms with van der Waals surface area (Å²) in [5.74, 6) is 0. The van der Waals surface area contributed by atoms with Crippen LogP contribution in [0.25, 0.3) is 0 Å². The highest BCUT2D eigenvalue weighted by molar-refractivity contribution is 7.34. The molecule has 0 amide bonds. The SMILES string of the molecule is C=C[Si](C)(C)/C=C(\O[PH](=O)O/C(=C\[Si](C)(C)C=C)[Si](C)(C)C=C)[Si](C)(C)C=C. The van der Waals surface area contributed by atoms with Gasteiger partial charge in [-0.25, -0.2) is 4.57 Å². The summed E-state index contributed by atoms with van der Waals surface area (Å²) in [6.07, 6.45) is 0. The lowest BCUT2D eigenvalue weighted by Gasteiger charge is -2.28. The van der Waals surface area contributed by atoms with Gasteiger partial charge in [-0.15, -0.1) is 26.3 Å². The van der Waals surface area contributed by atoms with Gasteiger partial charge in [0.2, 0.25) is 0 Å². The largest absolute Gasteiger partial charge is 0.428 e. The van der Waals surface area contributed by atoms with Crippen LogP contribution in [0.4, 0.5) is 0 Å². The van der Waals surface area contributed by atoms with Gasteiger partial charge in [0.15, 0.2) is 0 Å². The van der Waals surface area contributed by atoms with Crippen molar-refractivity contribution in [3.05, 3.63) is 71.3 Å². The fourth-order valence-electron chi connectivity index (χ4n) is 1.89. The number of hydrogen-bond acceptors (Lipinski definition) is 3. The molecule has 0 bridgehead atoms. The molecule has 0 radical (unpaired) electrons. The second kappa shape index (κ2) is 10.3. The summed E-state index contributed by atoms with van der Waals surface area (Å²) in [6, 6.07) is 0. The van der Waals surface area contributed by atoms with E-state index in [1.54, 1.807) is 0 Å². The van der Waals surface area contributed by atoms with E-state index in [0.29, 0.717) is 0 Å². The Labute approximate surface area is 177 Å². The van der Waals surface area contributed by atoms with Crippen molar-refractivity contribution in [3.63, 3.8) is 0 Å². The van der Waals surface area contributed by atoms with Crippen molar-refractivity contribution in [2.45, 2.75) is 52.4 Å². The van der Waals surface area contributed by atoms with E-state index in [0.717, 1.165) is 10.8 Å². The molecular weight excluding hydrogens is 432 g/mol. The van der Waals surface area contributed by atoms with Crippen LogP contribution in [0.2, 0.25) is 52.4 Å². The highest BCUT2D eigenvalue weighted by Gasteiger charge is 2.32. The van der Waals surface area contributed by atoms with Gasteiger partial charge in [0.05, 0.1) is 26.9 Å². The van der Waals surface area contributed by atoms with E-state index < -0.39 is 40.6 Å². The summed E-state index contributed by atoms with van der Waals surface area (Å²) in [5.41, 5.74) is 12.1. The number of hydrogen-bond donors (Lipinski definition) is 0. The van der Waals surface area contributed by atoms with Crippen LogP contribution >= 0.6 is 8.25 Å². The van der Waals surface area contributed by atoms with Crippen molar-refractivity contribution in [1.29, 1.82) is 0 Å². The van der Waals surface area contributed by atoms with Crippen LogP contribution in [0.5, 0.6) is 0 Å². The van der Waals surface area contributed by atoms with Crippen molar-refractivity contribution in [3.8, 4) is 0 Å². The Balaban J connectivity index is 5.97. The topological polar surface area (TPSA) is 35.5 Å². The lowest BCUT2D eigenvalue weighted by molar-refractivity contribution is 0.338. The molecule has 0 unspecified atom stereocenters. The Morgan fingerprint density at radius 2 is 0.929 bits per heavy atom. The van der Waals surface area contributed by atoms with Gasteiger partial charge >= 0.3 is 8.25 Å². The first-order valence-electron chi connectivity index (χ1n) is 9.46. The fraction of sp³-hybridized carbons (Fsp3) is 0.400. The molecule has 3 nitrogen and oxygen atoms in total. The second-order valence-electron chi connectivity index (χ2n) is 9.37. The molecule has 0 aliphatic rings. The Hall–Kier alpha value is -0.862. The van der Waals surface area contributed by atoms with E-state index in [1.807, 2.05) is 22.8 Å². The van der Waals surface area contributed by atoms with Crippen molar-refractivity contribution in [1.82, 2.24) is 0 Å². The fourth-order valence-corrected chi connectivity index (χ4v) is 12.6. The van der Waals surface area contributed by atoms with Crippen LogP contribution in [0.15, 0.2) is 71.3 Å². The molecule has 0 saturated heterocycles. The molecule has 0 aliphatic carbocycles. The minimum atomic E-state index is -2.77. The molecule has 0 aromatic heterocycles. The molecule has 0 saturated carbocycles. The second-order valence-corrected chi connectivity index (χ2v) is 27.7. The van der Waals surface area contributed by atoms with E-state index in [4.69, 9.17) is 9.05 Å². The van der Waals surface area contributed by atoms with Crippen molar-refractivity contribution < 1.29 is 13.6 Å². The predicted octanol–water partition coefficient (Wildman–Crippen LogP) is 7.07. The minimum Gasteiger partial charge on any atom is -0.428 e. The summed E-state index contributed by atoms with van der Waals surface area (Å²) >= 11 is 0. The highest BCUT2D eigenvalue weighted by atomic mass is 31.1. The van der Waals surface area contributed by atoms with Crippen molar-refractivity contribution >= 4 is 40.6 Å². The molecule has 0 aromatic rings. The Bertz CT molecular complexity index is 646. The monoisotopic (exact) mass is 470 g/mol. The number of rotatable bonds is 12. The summed E-state index contributed by atoms with van der Waals surface area (Å²) in [5, 5.41) is 1.53. The molecule has 0 atom stereocenters. The van der Waals surface area contributed by atoms with Crippen LogP contribution in [0.3, 0.4) is 0 Å². The summed E-state index contributed by atoms with van der Waals surface area (Å²) in [4.78, 5) is 0. The van der Waals surface area contributed by atoms with Crippen LogP contribution in [0.1, 0.15) is 0 Å². The van der Waals surface area contributed by atoms with Crippen LogP contribution in [0, 0.1) is 0 Å². The quantitative estimate of drug-likeness (QED) is 0.174. The van der Waals surface area contributed by atoms with Crippen LogP contribution in [-0.2, 0) is 13.6 Å². The lowest BCUT2D eigenvalue weighted by Crippen LogP contribution is -2.32. The molecule has 0 aromatic carbocycles. The zero-order valence-corrected chi connectivity index (χ0v) is 24.0. The average Bonchev–Trinajstić information content (AvgIpc) is 2.60. The first-order valence-corrected chi connectivity index (χ1v) is 23.2. The van der Waals surface area contributed by atoms with Crippen molar-refractivity contribution in [2.75, 3.05) is 0 Å². The average molecular weight is 471 g/mol. The standard InChI is InChI=1S/C20H39O3PSi4/c1-13-25(5,6)17-19(27(9,10)15-3)22-24(21)23-20(28(11,12)16-4)18-26(7,8)14-2/h13-18,24H,1-4H2,5-12H3/b19-17+,20-18+. The molecule has 0 fully saturated rings. The molecule has 0 spiro atoms. The molecule has 8 heteroatoms. The smallest absolute Gasteiger partial charge is 0.417 e. The summed E-state index contributed by atoms with van der Waals surface area (Å²) < 4.78 is 24.9. The molecule has 0 aliphatic heterocycles. The maximum Gasteiger partial charge on any atom is 0.417 e. The normalized spacial score (nSPS) is 14.5. The van der Waals surface area contributed by atoms with Gasteiger partial charge in [0, 0.05) is 0 Å². The molecule has 0 heterocycles. The van der Waals surface area contributed by atoms with E-state index >= 15 is 0 Å². The third kappa shape index (κ3) is 8.65. The van der Waals surface area contributed by atoms with Gasteiger partial charge in [-0.1, -0.05) is 86.6 Å². The molecule has 0 rings (SSSR count). The highest BCUT2D eigenvalue weighted by Crippen LogP contribution is 2.38. The van der Waals surface area contributed by atoms with E-state index in [-0.39, 0.29) is 0 Å². The van der Waals surface area contributed by atoms with Gasteiger partial charge in [0.1, 0.15) is 16.1 Å². The third-order valence-corrected chi connectivity index (χ3v) is 15.7. The van der Waals surface area contributed by atoms with E-state index in [2.05, 4.69) is 90.1 Å². The first-order chi connectivity index (χ1) is 12.6. The Kier molecular flexibility index (Phi) is 9.94. The van der Waals surface area contributed by atoms with E-state index in [1.165, 1.54) is 0 Å². The van der Waals surface area contributed by atoms with Gasteiger partial charge < -0.3 is 9.05 Å². The van der Waals surface area contributed by atoms with Crippen LogP contribution in [-0.4, -0.2) is 32.3 Å². The molecule has 0 N–H and O–H groups in total. The first kappa shape index (κ1) is 27.1. The van der Waals surface area contributed by atoms with Gasteiger partial charge in [-0.2, -0.15) is 0 Å². The van der Waals surface area contributed by atoms with Crippen molar-refractivity contribution in [2.24, 2.45) is 0 Å². The molecule has 158 valence electrons. The summed E-state index contributed by atoms with van der Waals surface area (Å²) in [7, 11) is -10.5. The van der Waals surface area contributed by atoms with Gasteiger partial charge in [-0.3, -0.25) is 0 Å². The summed E-state index contributed by atoms with van der Waals surface area (Å²) in [6.45, 7) is 33.0. The predicted molar refractivity (Wildman–Crippen MR) is 138 cm³/mol. The Morgan fingerprint density at radius 1 is 0.643 bits per heavy atom. The third-order valence-electron chi connectivity index (χ3n) is 4.74. The maximum atomic E-state index is 13.0. The minimum absolute atomic E-state index is 0.764. The maximum absolute atomic E-state index is 13.0. The van der Waals surface area contributed by atoms with E-state index in [9.17, 15) is 4.57 Å². The van der Waals surface area contributed by atoms with Crippen LogP contribution < -0.4 is 0 Å². The molecular formula is C20H39O3PSi4. The lowest BCUT2D eigenvalue weighted by atomic mass is 11.1. The zero-order valence-electron chi connectivity index (χ0n) is 19.0. The molecule has 28 heavy (non-hydrogen) atoms. The zero-order chi connectivity index (χ0) is 22.4. The van der Waals surface area contributed by atoms with Gasteiger partial charge in [0.25, 0.3) is 0 Å². The van der Waals surface area contributed by atoms with Gasteiger partial charge in [-0.05, 0) is 0 Å². The Morgan fingerprint density at radius 3 is 1.14 bits per heavy atom.